The predicted octanol–water partition coefficient (Wildman–Crippen LogP) is 13.0. The van der Waals surface area contributed by atoms with Gasteiger partial charge in [-0.1, -0.05) is 250 Å². The molecule has 0 aliphatic carbocycles. The first-order chi connectivity index (χ1) is 31.3. The topological polar surface area (TPSA) is 149 Å². The molecule has 0 aromatic heterocycles. The van der Waals surface area contributed by atoms with Crippen LogP contribution in [0, 0.1) is 0 Å². The molecule has 9 heteroatoms. The Bertz CT molecular complexity index is 1060. The fourth-order valence-corrected chi connectivity index (χ4v) is 8.88. The van der Waals surface area contributed by atoms with E-state index in [-0.39, 0.29) is 12.5 Å². The van der Waals surface area contributed by atoms with Crippen LogP contribution in [-0.2, 0) is 14.3 Å². The zero-order valence-electron chi connectivity index (χ0n) is 41.8. The molecule has 7 atom stereocenters. The maximum Gasteiger partial charge on any atom is 0.220 e. The highest BCUT2D eigenvalue weighted by molar-refractivity contribution is 5.76. The number of hydrogen-bond acceptors (Lipinski definition) is 8. The molecule has 0 bridgehead atoms. The Kier molecular flexibility index (Phi) is 43.1. The zero-order chi connectivity index (χ0) is 46.6. The molecule has 64 heavy (non-hydrogen) atoms. The van der Waals surface area contributed by atoms with Crippen LogP contribution in [0.2, 0.25) is 0 Å². The smallest absolute Gasteiger partial charge is 0.220 e. The summed E-state index contributed by atoms with van der Waals surface area (Å²) in [5.74, 6) is -0.182. The fraction of sp³-hybridized carbons (Fsp3) is 0.909. The van der Waals surface area contributed by atoms with Crippen LogP contribution in [0.5, 0.6) is 0 Å². The van der Waals surface area contributed by atoms with Crippen molar-refractivity contribution in [1.29, 1.82) is 0 Å². The molecule has 378 valence electrons. The van der Waals surface area contributed by atoms with Gasteiger partial charge >= 0.3 is 0 Å². The molecular formula is C55H105NO8. The van der Waals surface area contributed by atoms with E-state index in [1.165, 1.54) is 205 Å². The molecule has 9 nitrogen and oxygen atoms in total. The number of carbonyl (C=O) groups excluding carboxylic acids is 1. The van der Waals surface area contributed by atoms with Gasteiger partial charge in [-0.2, -0.15) is 0 Å². The highest BCUT2D eigenvalue weighted by atomic mass is 16.7. The SMILES string of the molecule is CCCCCCCCC/C=C/CC/C=C/C(O)C(COC1OC(CO)C(O)C(O)C1O)NC(=O)CCCCCCCCCCCCCCCCCCCCCCCCCCCCCC. The lowest BCUT2D eigenvalue weighted by Gasteiger charge is -2.40. The minimum atomic E-state index is -1.57. The first-order valence-electron chi connectivity index (χ1n) is 27.6. The average Bonchev–Trinajstić information content (AvgIpc) is 3.29. The van der Waals surface area contributed by atoms with E-state index in [1.807, 2.05) is 6.08 Å². The van der Waals surface area contributed by atoms with Gasteiger partial charge in [0.2, 0.25) is 5.91 Å². The van der Waals surface area contributed by atoms with Crippen LogP contribution < -0.4 is 5.32 Å². The summed E-state index contributed by atoms with van der Waals surface area (Å²) < 4.78 is 11.2. The molecule has 0 aromatic carbocycles. The van der Waals surface area contributed by atoms with Crippen molar-refractivity contribution in [3.05, 3.63) is 24.3 Å². The van der Waals surface area contributed by atoms with Gasteiger partial charge in [-0.05, 0) is 32.1 Å². The summed E-state index contributed by atoms with van der Waals surface area (Å²) in [5, 5.41) is 54.3. The summed E-state index contributed by atoms with van der Waals surface area (Å²) in [6.45, 7) is 3.77. The van der Waals surface area contributed by atoms with Crippen LogP contribution in [0.1, 0.15) is 264 Å². The number of nitrogens with one attached hydrogen (secondary N) is 1. The summed E-state index contributed by atoms with van der Waals surface area (Å²) in [6.07, 6.45) is 49.7. The standard InChI is InChI=1S/C55H105NO8/c1-3-5-7-9-11-13-15-17-18-19-20-21-22-23-24-25-26-27-28-29-30-31-33-35-37-39-41-43-45-51(59)56-48(47-63-55-54(62)53(61)52(60)50(46-57)64-55)49(58)44-42-40-38-36-34-32-16-14-12-10-8-6-4-2/h34,36,42,44,48-50,52-55,57-58,60-62H,3-33,35,37-41,43,45-47H2,1-2H3,(H,56,59)/b36-34+,44-42+. The van der Waals surface area contributed by atoms with E-state index in [9.17, 15) is 30.3 Å². The van der Waals surface area contributed by atoms with Gasteiger partial charge in [0.1, 0.15) is 24.4 Å². The van der Waals surface area contributed by atoms with Crippen molar-refractivity contribution in [2.24, 2.45) is 0 Å². The number of carbonyl (C=O) groups is 1. The zero-order valence-corrected chi connectivity index (χ0v) is 41.8. The first-order valence-corrected chi connectivity index (χ1v) is 27.6. The normalized spacial score (nSPS) is 20.1. The summed E-state index contributed by atoms with van der Waals surface area (Å²) in [4.78, 5) is 13.0. The van der Waals surface area contributed by atoms with Crippen molar-refractivity contribution < 1.29 is 39.8 Å². The van der Waals surface area contributed by atoms with E-state index in [4.69, 9.17) is 9.47 Å². The Balaban J connectivity index is 2.17. The molecule has 7 unspecified atom stereocenters. The first kappa shape index (κ1) is 60.7. The summed E-state index contributed by atoms with van der Waals surface area (Å²) >= 11 is 0. The molecule has 6 N–H and O–H groups in total. The van der Waals surface area contributed by atoms with Gasteiger partial charge < -0.3 is 40.3 Å². The summed E-state index contributed by atoms with van der Waals surface area (Å²) in [6, 6.07) is -0.817. The third-order valence-corrected chi connectivity index (χ3v) is 13.3. The number of unbranched alkanes of at least 4 members (excludes halogenated alkanes) is 35. The third kappa shape index (κ3) is 34.9. The molecule has 0 radical (unpaired) electrons. The average molecular weight is 908 g/mol. The molecule has 0 spiro atoms. The van der Waals surface area contributed by atoms with E-state index in [0.29, 0.717) is 6.42 Å². The molecular weight excluding hydrogens is 803 g/mol. The second kappa shape index (κ2) is 45.5. The van der Waals surface area contributed by atoms with Gasteiger partial charge in [0.25, 0.3) is 0 Å². The molecule has 1 aliphatic heterocycles. The second-order valence-electron chi connectivity index (χ2n) is 19.4. The Labute approximate surface area is 394 Å². The van der Waals surface area contributed by atoms with Crippen LogP contribution in [0.4, 0.5) is 0 Å². The fourth-order valence-electron chi connectivity index (χ4n) is 8.88. The number of amides is 1. The summed E-state index contributed by atoms with van der Waals surface area (Å²) in [7, 11) is 0. The van der Waals surface area contributed by atoms with Gasteiger partial charge in [-0.25, -0.2) is 0 Å². The quantitative estimate of drug-likeness (QED) is 0.0261. The second-order valence-corrected chi connectivity index (χ2v) is 19.4. The van der Waals surface area contributed by atoms with Gasteiger partial charge in [0, 0.05) is 6.42 Å². The Morgan fingerprint density at radius 3 is 1.31 bits per heavy atom. The van der Waals surface area contributed by atoms with E-state index in [2.05, 4.69) is 31.3 Å². The molecule has 1 fully saturated rings. The van der Waals surface area contributed by atoms with Gasteiger partial charge in [0.05, 0.1) is 25.4 Å². The van der Waals surface area contributed by atoms with Gasteiger partial charge in [-0.15, -0.1) is 0 Å². The molecule has 1 rings (SSSR count). The number of aliphatic hydroxyl groups is 5. The van der Waals surface area contributed by atoms with Crippen molar-refractivity contribution in [1.82, 2.24) is 5.32 Å². The van der Waals surface area contributed by atoms with Crippen molar-refractivity contribution in [3.8, 4) is 0 Å². The highest BCUT2D eigenvalue weighted by Crippen LogP contribution is 2.23. The molecule has 1 aliphatic rings. The number of rotatable bonds is 47. The van der Waals surface area contributed by atoms with Crippen LogP contribution in [-0.4, -0.2) is 87.5 Å². The molecule has 0 aromatic rings. The Morgan fingerprint density at radius 2 is 0.891 bits per heavy atom. The Morgan fingerprint density at radius 1 is 0.516 bits per heavy atom. The summed E-state index contributed by atoms with van der Waals surface area (Å²) in [5.41, 5.74) is 0. The number of hydrogen-bond donors (Lipinski definition) is 6. The van der Waals surface area contributed by atoms with Crippen LogP contribution >= 0.6 is 0 Å². The Hall–Kier alpha value is -1.33. The van der Waals surface area contributed by atoms with Gasteiger partial charge in [0.15, 0.2) is 6.29 Å². The lowest BCUT2D eigenvalue weighted by Crippen LogP contribution is -2.60. The van der Waals surface area contributed by atoms with Crippen LogP contribution in [0.3, 0.4) is 0 Å². The highest BCUT2D eigenvalue weighted by Gasteiger charge is 2.44. The van der Waals surface area contributed by atoms with Crippen LogP contribution in [0.25, 0.3) is 0 Å². The maximum absolute atomic E-state index is 13.0. The van der Waals surface area contributed by atoms with Crippen molar-refractivity contribution in [2.75, 3.05) is 13.2 Å². The monoisotopic (exact) mass is 908 g/mol. The number of allylic oxidation sites excluding steroid dienone is 3. The molecule has 1 saturated heterocycles. The number of ether oxygens (including phenoxy) is 2. The molecule has 0 saturated carbocycles. The minimum absolute atomic E-state index is 0.182. The van der Waals surface area contributed by atoms with Crippen molar-refractivity contribution in [3.63, 3.8) is 0 Å². The minimum Gasteiger partial charge on any atom is -0.394 e. The predicted molar refractivity (Wildman–Crippen MR) is 267 cm³/mol. The van der Waals surface area contributed by atoms with Crippen LogP contribution in [0.15, 0.2) is 24.3 Å². The molecule has 1 heterocycles. The van der Waals surface area contributed by atoms with Crippen molar-refractivity contribution >= 4 is 5.91 Å². The molecule has 1 amide bonds. The maximum atomic E-state index is 13.0. The largest absolute Gasteiger partial charge is 0.394 e. The van der Waals surface area contributed by atoms with E-state index in [0.717, 1.165) is 38.5 Å². The van der Waals surface area contributed by atoms with E-state index in [1.54, 1.807) is 6.08 Å². The van der Waals surface area contributed by atoms with E-state index >= 15 is 0 Å². The third-order valence-electron chi connectivity index (χ3n) is 13.3. The van der Waals surface area contributed by atoms with E-state index < -0.39 is 49.5 Å². The lowest BCUT2D eigenvalue weighted by molar-refractivity contribution is -0.302. The van der Waals surface area contributed by atoms with Crippen molar-refractivity contribution in [2.45, 2.75) is 307 Å². The number of aliphatic hydroxyl groups excluding tert-OH is 5. The lowest BCUT2D eigenvalue weighted by atomic mass is 9.99. The van der Waals surface area contributed by atoms with Gasteiger partial charge in [-0.3, -0.25) is 4.79 Å².